The lowest BCUT2D eigenvalue weighted by Crippen LogP contribution is -2.36. The number of rotatable bonds is 4. The normalized spacial score (nSPS) is 26.0. The Hall–Kier alpha value is 0.400. The lowest BCUT2D eigenvalue weighted by atomic mass is 10.1. The Morgan fingerprint density at radius 3 is 3.08 bits per heavy atom. The molecule has 1 aliphatic heterocycles. The standard InChI is InChI=1S/C9H18BrNO/c1-12-7-3-6-11-5-2-4-9(10)8-11/h9H,2-8H2,1H3. The fraction of sp³-hybridized carbons (Fsp3) is 1.00. The third-order valence-electron chi connectivity index (χ3n) is 2.27. The number of hydrogen-bond acceptors (Lipinski definition) is 2. The van der Waals surface area contributed by atoms with Gasteiger partial charge in [0.25, 0.3) is 0 Å². The van der Waals surface area contributed by atoms with Crippen LogP contribution in [0, 0.1) is 0 Å². The smallest absolute Gasteiger partial charge is 0.0474 e. The molecule has 0 aromatic carbocycles. The summed E-state index contributed by atoms with van der Waals surface area (Å²) in [5.41, 5.74) is 0. The number of methoxy groups -OCH3 is 1. The Kier molecular flexibility index (Phi) is 5.19. The van der Waals surface area contributed by atoms with Crippen molar-refractivity contribution in [2.75, 3.05) is 33.4 Å². The van der Waals surface area contributed by atoms with Gasteiger partial charge in [-0.15, -0.1) is 0 Å². The molecule has 0 N–H and O–H groups in total. The highest BCUT2D eigenvalue weighted by Crippen LogP contribution is 2.16. The van der Waals surface area contributed by atoms with Crippen molar-refractivity contribution in [1.29, 1.82) is 0 Å². The lowest BCUT2D eigenvalue weighted by Gasteiger charge is -2.29. The van der Waals surface area contributed by atoms with Crippen molar-refractivity contribution in [3.05, 3.63) is 0 Å². The van der Waals surface area contributed by atoms with E-state index in [-0.39, 0.29) is 0 Å². The van der Waals surface area contributed by atoms with Crippen molar-refractivity contribution >= 4 is 15.9 Å². The van der Waals surface area contributed by atoms with E-state index in [9.17, 15) is 0 Å². The Morgan fingerprint density at radius 2 is 2.42 bits per heavy atom. The number of halogens is 1. The molecule has 0 saturated carbocycles. The summed E-state index contributed by atoms with van der Waals surface area (Å²) in [5, 5.41) is 0. The average Bonchev–Trinajstić information content (AvgIpc) is 2.05. The predicted octanol–water partition coefficient (Wildman–Crippen LogP) is 1.88. The number of nitrogens with zero attached hydrogens (tertiary/aromatic N) is 1. The highest BCUT2D eigenvalue weighted by atomic mass is 79.9. The van der Waals surface area contributed by atoms with Crippen LogP contribution >= 0.6 is 15.9 Å². The van der Waals surface area contributed by atoms with Gasteiger partial charge in [-0.05, 0) is 25.8 Å². The fourth-order valence-corrected chi connectivity index (χ4v) is 2.37. The van der Waals surface area contributed by atoms with Crippen molar-refractivity contribution in [1.82, 2.24) is 4.90 Å². The fourth-order valence-electron chi connectivity index (χ4n) is 1.63. The molecule has 0 amide bonds. The van der Waals surface area contributed by atoms with Crippen LogP contribution in [0.2, 0.25) is 0 Å². The van der Waals surface area contributed by atoms with Crippen LogP contribution in [0.25, 0.3) is 0 Å². The van der Waals surface area contributed by atoms with Crippen molar-refractivity contribution in [2.45, 2.75) is 24.1 Å². The number of alkyl halides is 1. The molecule has 2 nitrogen and oxygen atoms in total. The first-order valence-corrected chi connectivity index (χ1v) is 5.60. The molecule has 1 unspecified atom stereocenters. The molecule has 1 aliphatic rings. The first kappa shape index (κ1) is 10.5. The molecule has 1 saturated heterocycles. The highest BCUT2D eigenvalue weighted by Gasteiger charge is 2.16. The van der Waals surface area contributed by atoms with Gasteiger partial charge in [0.05, 0.1) is 0 Å². The van der Waals surface area contributed by atoms with E-state index in [0.717, 1.165) is 13.0 Å². The zero-order valence-corrected chi connectivity index (χ0v) is 9.35. The zero-order valence-electron chi connectivity index (χ0n) is 7.76. The lowest BCUT2D eigenvalue weighted by molar-refractivity contribution is 0.164. The van der Waals surface area contributed by atoms with Gasteiger partial charge in [0, 0.05) is 31.6 Å². The Balaban J connectivity index is 2.06. The second-order valence-electron chi connectivity index (χ2n) is 3.39. The van der Waals surface area contributed by atoms with Crippen molar-refractivity contribution in [3.8, 4) is 0 Å². The van der Waals surface area contributed by atoms with Crippen molar-refractivity contribution < 1.29 is 4.74 Å². The summed E-state index contributed by atoms with van der Waals surface area (Å²) in [6.07, 6.45) is 3.83. The Labute approximate surface area is 83.4 Å². The molecule has 0 aromatic rings. The van der Waals surface area contributed by atoms with Gasteiger partial charge in [0.15, 0.2) is 0 Å². The van der Waals surface area contributed by atoms with Crippen LogP contribution < -0.4 is 0 Å². The van der Waals surface area contributed by atoms with Gasteiger partial charge in [-0.3, -0.25) is 0 Å². The molecular weight excluding hydrogens is 218 g/mol. The molecule has 12 heavy (non-hydrogen) atoms. The largest absolute Gasteiger partial charge is 0.385 e. The minimum absolute atomic E-state index is 0.716. The maximum atomic E-state index is 5.02. The van der Waals surface area contributed by atoms with Gasteiger partial charge in [-0.2, -0.15) is 0 Å². The van der Waals surface area contributed by atoms with Crippen LogP contribution in [0.1, 0.15) is 19.3 Å². The summed E-state index contributed by atoms with van der Waals surface area (Å²) in [6, 6.07) is 0. The molecule has 1 fully saturated rings. The van der Waals surface area contributed by atoms with Gasteiger partial charge >= 0.3 is 0 Å². The van der Waals surface area contributed by atoms with Crippen LogP contribution in [0.4, 0.5) is 0 Å². The van der Waals surface area contributed by atoms with Crippen LogP contribution in [-0.2, 0) is 4.74 Å². The van der Waals surface area contributed by atoms with E-state index in [1.54, 1.807) is 7.11 Å². The van der Waals surface area contributed by atoms with Gasteiger partial charge in [0.1, 0.15) is 0 Å². The summed E-state index contributed by atoms with van der Waals surface area (Å²) in [7, 11) is 1.77. The quantitative estimate of drug-likeness (QED) is 0.546. The van der Waals surface area contributed by atoms with Crippen LogP contribution in [0.5, 0.6) is 0 Å². The molecule has 1 rings (SSSR count). The SMILES string of the molecule is COCCCN1CCCC(Br)C1. The van der Waals surface area contributed by atoms with Crippen molar-refractivity contribution in [3.63, 3.8) is 0 Å². The molecule has 0 radical (unpaired) electrons. The molecule has 1 heterocycles. The van der Waals surface area contributed by atoms with E-state index in [2.05, 4.69) is 20.8 Å². The minimum Gasteiger partial charge on any atom is -0.385 e. The van der Waals surface area contributed by atoms with E-state index >= 15 is 0 Å². The van der Waals surface area contributed by atoms with Gasteiger partial charge in [0.2, 0.25) is 0 Å². The molecule has 0 aromatic heterocycles. The molecule has 1 atom stereocenters. The second kappa shape index (κ2) is 5.95. The van der Waals surface area contributed by atoms with Gasteiger partial charge in [-0.1, -0.05) is 15.9 Å². The third kappa shape index (κ3) is 3.87. The monoisotopic (exact) mass is 235 g/mol. The predicted molar refractivity (Wildman–Crippen MR) is 54.9 cm³/mol. The average molecular weight is 236 g/mol. The van der Waals surface area contributed by atoms with E-state index in [1.807, 2.05) is 0 Å². The number of ether oxygens (including phenoxy) is 1. The highest BCUT2D eigenvalue weighted by molar-refractivity contribution is 9.09. The number of likely N-dealkylation sites (tertiary alicyclic amines) is 1. The molecule has 0 bridgehead atoms. The van der Waals surface area contributed by atoms with Crippen LogP contribution in [-0.4, -0.2) is 43.1 Å². The van der Waals surface area contributed by atoms with Crippen LogP contribution in [0.3, 0.4) is 0 Å². The van der Waals surface area contributed by atoms with Gasteiger partial charge in [-0.25, -0.2) is 0 Å². The maximum Gasteiger partial charge on any atom is 0.0474 e. The maximum absolute atomic E-state index is 5.02. The zero-order chi connectivity index (χ0) is 8.81. The summed E-state index contributed by atoms with van der Waals surface area (Å²) in [6.45, 7) is 4.56. The summed E-state index contributed by atoms with van der Waals surface area (Å²) >= 11 is 3.66. The van der Waals surface area contributed by atoms with Crippen molar-refractivity contribution in [2.24, 2.45) is 0 Å². The Morgan fingerprint density at radius 1 is 1.58 bits per heavy atom. The van der Waals surface area contributed by atoms with Gasteiger partial charge < -0.3 is 9.64 Å². The third-order valence-corrected chi connectivity index (χ3v) is 3.02. The molecule has 0 spiro atoms. The number of hydrogen-bond donors (Lipinski definition) is 0. The first-order valence-electron chi connectivity index (χ1n) is 4.68. The first-order chi connectivity index (χ1) is 5.83. The van der Waals surface area contributed by atoms with Crippen LogP contribution in [0.15, 0.2) is 0 Å². The van der Waals surface area contributed by atoms with E-state index in [1.165, 1.54) is 32.5 Å². The summed E-state index contributed by atoms with van der Waals surface area (Å²) in [5.74, 6) is 0. The second-order valence-corrected chi connectivity index (χ2v) is 4.68. The van der Waals surface area contributed by atoms with E-state index < -0.39 is 0 Å². The molecule has 0 aliphatic carbocycles. The molecular formula is C9H18BrNO. The molecule has 72 valence electrons. The number of piperidine rings is 1. The summed E-state index contributed by atoms with van der Waals surface area (Å²) < 4.78 is 5.02. The molecule has 3 heteroatoms. The summed E-state index contributed by atoms with van der Waals surface area (Å²) in [4.78, 5) is 3.23. The van der Waals surface area contributed by atoms with E-state index in [0.29, 0.717) is 4.83 Å². The van der Waals surface area contributed by atoms with E-state index in [4.69, 9.17) is 4.74 Å². The topological polar surface area (TPSA) is 12.5 Å². The Bertz CT molecular complexity index is 121. The minimum atomic E-state index is 0.716.